The molecule has 0 heterocycles. The van der Waals surface area contributed by atoms with E-state index in [0.29, 0.717) is 6.42 Å². The molecule has 2 nitrogen and oxygen atoms in total. The number of benzene rings is 1. The summed E-state index contributed by atoms with van der Waals surface area (Å²) >= 11 is 0. The lowest BCUT2D eigenvalue weighted by molar-refractivity contribution is -0.114. The van der Waals surface area contributed by atoms with Gasteiger partial charge in [-0.25, -0.2) is 0 Å². The molecule has 90 valence electrons. The molecule has 1 N–H and O–H groups in total. The van der Waals surface area contributed by atoms with Crippen molar-refractivity contribution in [2.75, 3.05) is 6.54 Å². The number of rotatable bonds is 4. The standard InChI is InChI=1S/C15H19NO/c1-15(2,12-6-4-3-5-7-12)11-16-13-8-9-14(17)10-13/h3-7,10,16H,8-9,11H2,1-2H3. The van der Waals surface area contributed by atoms with Gasteiger partial charge < -0.3 is 5.32 Å². The molecule has 17 heavy (non-hydrogen) atoms. The first-order valence-electron chi connectivity index (χ1n) is 6.11. The second kappa shape index (κ2) is 4.74. The summed E-state index contributed by atoms with van der Waals surface area (Å²) < 4.78 is 0. The first kappa shape index (κ1) is 11.9. The minimum Gasteiger partial charge on any atom is -0.387 e. The maximum atomic E-state index is 11.1. The quantitative estimate of drug-likeness (QED) is 0.860. The van der Waals surface area contributed by atoms with Crippen LogP contribution in [0.15, 0.2) is 42.1 Å². The highest BCUT2D eigenvalue weighted by molar-refractivity contribution is 5.92. The third-order valence-corrected chi connectivity index (χ3v) is 3.29. The van der Waals surface area contributed by atoms with Crippen LogP contribution in [0.4, 0.5) is 0 Å². The molecule has 0 saturated carbocycles. The van der Waals surface area contributed by atoms with Crippen LogP contribution in [0, 0.1) is 0 Å². The van der Waals surface area contributed by atoms with E-state index in [0.717, 1.165) is 18.7 Å². The van der Waals surface area contributed by atoms with E-state index in [-0.39, 0.29) is 11.2 Å². The van der Waals surface area contributed by atoms with Gasteiger partial charge in [-0.2, -0.15) is 0 Å². The Morgan fingerprint density at radius 2 is 1.88 bits per heavy atom. The highest BCUT2D eigenvalue weighted by Gasteiger charge is 2.21. The fraction of sp³-hybridized carbons (Fsp3) is 0.400. The monoisotopic (exact) mass is 229 g/mol. The first-order valence-corrected chi connectivity index (χ1v) is 6.11. The smallest absolute Gasteiger partial charge is 0.157 e. The summed E-state index contributed by atoms with van der Waals surface area (Å²) in [5.41, 5.74) is 2.48. The van der Waals surface area contributed by atoms with E-state index < -0.39 is 0 Å². The maximum Gasteiger partial charge on any atom is 0.157 e. The third-order valence-electron chi connectivity index (χ3n) is 3.29. The van der Waals surface area contributed by atoms with Gasteiger partial charge in [-0.15, -0.1) is 0 Å². The molecule has 0 unspecified atom stereocenters. The van der Waals surface area contributed by atoms with Crippen LogP contribution in [0.2, 0.25) is 0 Å². The SMILES string of the molecule is CC(C)(CNC1=CC(=O)CC1)c1ccccc1. The molecule has 0 fully saturated rings. The Labute approximate surface area is 103 Å². The zero-order chi connectivity index (χ0) is 12.3. The number of hydrogen-bond donors (Lipinski definition) is 1. The summed E-state index contributed by atoms with van der Waals surface area (Å²) in [5, 5.41) is 3.39. The molecule has 0 atom stereocenters. The Bertz CT molecular complexity index is 431. The zero-order valence-corrected chi connectivity index (χ0v) is 10.5. The average Bonchev–Trinajstić information content (AvgIpc) is 2.74. The molecular formula is C15H19NO. The number of ketones is 1. The van der Waals surface area contributed by atoms with Crippen molar-refractivity contribution in [3.63, 3.8) is 0 Å². The van der Waals surface area contributed by atoms with Crippen LogP contribution in [0.1, 0.15) is 32.3 Å². The molecule has 0 aromatic heterocycles. The molecule has 0 amide bonds. The summed E-state index contributed by atoms with van der Waals surface area (Å²) in [7, 11) is 0. The number of carbonyl (C=O) groups excluding carboxylic acids is 1. The molecule has 1 aliphatic rings. The van der Waals surface area contributed by atoms with Gasteiger partial charge in [-0.3, -0.25) is 4.79 Å². The number of nitrogens with one attached hydrogen (secondary N) is 1. The van der Waals surface area contributed by atoms with Crippen molar-refractivity contribution in [1.82, 2.24) is 5.32 Å². The molecule has 0 spiro atoms. The Balaban J connectivity index is 1.98. The highest BCUT2D eigenvalue weighted by Crippen LogP contribution is 2.23. The highest BCUT2D eigenvalue weighted by atomic mass is 16.1. The number of carbonyl (C=O) groups is 1. The lowest BCUT2D eigenvalue weighted by Crippen LogP contribution is -2.32. The van der Waals surface area contributed by atoms with Crippen LogP contribution < -0.4 is 5.32 Å². The average molecular weight is 229 g/mol. The molecule has 2 heteroatoms. The van der Waals surface area contributed by atoms with Crippen LogP contribution in [0.5, 0.6) is 0 Å². The first-order chi connectivity index (χ1) is 8.08. The van der Waals surface area contributed by atoms with Gasteiger partial charge in [0.25, 0.3) is 0 Å². The van der Waals surface area contributed by atoms with Gasteiger partial charge in [0.15, 0.2) is 5.78 Å². The molecule has 1 aromatic rings. The van der Waals surface area contributed by atoms with E-state index in [1.807, 2.05) is 6.07 Å². The van der Waals surface area contributed by atoms with Crippen molar-refractivity contribution in [3.8, 4) is 0 Å². The zero-order valence-electron chi connectivity index (χ0n) is 10.5. The predicted molar refractivity (Wildman–Crippen MR) is 69.8 cm³/mol. The van der Waals surface area contributed by atoms with E-state index in [4.69, 9.17) is 0 Å². The van der Waals surface area contributed by atoms with Crippen LogP contribution in [-0.4, -0.2) is 12.3 Å². The van der Waals surface area contributed by atoms with Crippen LogP contribution >= 0.6 is 0 Å². The minimum atomic E-state index is 0.0771. The van der Waals surface area contributed by atoms with E-state index in [9.17, 15) is 4.79 Å². The Morgan fingerprint density at radius 1 is 1.18 bits per heavy atom. The van der Waals surface area contributed by atoms with Gasteiger partial charge >= 0.3 is 0 Å². The van der Waals surface area contributed by atoms with Crippen LogP contribution in [0.3, 0.4) is 0 Å². The summed E-state index contributed by atoms with van der Waals surface area (Å²) in [4.78, 5) is 11.1. The summed E-state index contributed by atoms with van der Waals surface area (Å²) in [6.07, 6.45) is 3.26. The van der Waals surface area contributed by atoms with E-state index >= 15 is 0 Å². The predicted octanol–water partition coefficient (Wildman–Crippen LogP) is 2.80. The van der Waals surface area contributed by atoms with Gasteiger partial charge in [-0.1, -0.05) is 44.2 Å². The summed E-state index contributed by atoms with van der Waals surface area (Å²) in [5.74, 6) is 0.241. The van der Waals surface area contributed by atoms with Gasteiger partial charge in [0, 0.05) is 30.2 Å². The molecule has 0 saturated heterocycles. The fourth-order valence-corrected chi connectivity index (χ4v) is 2.06. The third kappa shape index (κ3) is 2.96. The Kier molecular flexibility index (Phi) is 3.32. The Hall–Kier alpha value is -1.57. The lowest BCUT2D eigenvalue weighted by Gasteiger charge is -2.26. The van der Waals surface area contributed by atoms with Crippen LogP contribution in [0.25, 0.3) is 0 Å². The van der Waals surface area contributed by atoms with Crippen molar-refractivity contribution in [1.29, 1.82) is 0 Å². The fourth-order valence-electron chi connectivity index (χ4n) is 2.06. The van der Waals surface area contributed by atoms with Crippen molar-refractivity contribution < 1.29 is 4.79 Å². The van der Waals surface area contributed by atoms with E-state index in [2.05, 4.69) is 43.4 Å². The minimum absolute atomic E-state index is 0.0771. The van der Waals surface area contributed by atoms with Crippen molar-refractivity contribution in [2.24, 2.45) is 0 Å². The molecule has 2 rings (SSSR count). The van der Waals surface area contributed by atoms with Crippen molar-refractivity contribution in [2.45, 2.75) is 32.1 Å². The maximum absolute atomic E-state index is 11.1. The topological polar surface area (TPSA) is 29.1 Å². The van der Waals surface area contributed by atoms with Crippen molar-refractivity contribution in [3.05, 3.63) is 47.7 Å². The molecular weight excluding hydrogens is 210 g/mol. The number of hydrogen-bond acceptors (Lipinski definition) is 2. The van der Waals surface area contributed by atoms with Crippen LogP contribution in [-0.2, 0) is 10.2 Å². The van der Waals surface area contributed by atoms with E-state index in [1.54, 1.807) is 6.08 Å². The van der Waals surface area contributed by atoms with Gasteiger partial charge in [0.05, 0.1) is 0 Å². The molecule has 0 radical (unpaired) electrons. The molecule has 0 bridgehead atoms. The second-order valence-electron chi connectivity index (χ2n) is 5.24. The number of allylic oxidation sites excluding steroid dienone is 2. The van der Waals surface area contributed by atoms with Crippen molar-refractivity contribution >= 4 is 5.78 Å². The summed E-state index contributed by atoms with van der Waals surface area (Å²) in [6, 6.07) is 10.5. The normalized spacial score (nSPS) is 15.9. The summed E-state index contributed by atoms with van der Waals surface area (Å²) in [6.45, 7) is 5.29. The second-order valence-corrected chi connectivity index (χ2v) is 5.24. The molecule has 1 aromatic carbocycles. The Morgan fingerprint density at radius 3 is 2.47 bits per heavy atom. The van der Waals surface area contributed by atoms with Gasteiger partial charge in [-0.05, 0) is 12.0 Å². The van der Waals surface area contributed by atoms with Gasteiger partial charge in [0.2, 0.25) is 0 Å². The molecule has 0 aliphatic heterocycles. The van der Waals surface area contributed by atoms with E-state index in [1.165, 1.54) is 5.56 Å². The lowest BCUT2D eigenvalue weighted by atomic mass is 9.84. The molecule has 1 aliphatic carbocycles. The largest absolute Gasteiger partial charge is 0.387 e. The van der Waals surface area contributed by atoms with Gasteiger partial charge in [0.1, 0.15) is 0 Å².